The van der Waals surface area contributed by atoms with Crippen molar-refractivity contribution in [3.8, 4) is 0 Å². The van der Waals surface area contributed by atoms with Crippen molar-refractivity contribution in [1.29, 1.82) is 0 Å². The molecule has 0 amide bonds. The molecule has 0 aliphatic carbocycles. The van der Waals surface area contributed by atoms with E-state index in [9.17, 15) is 0 Å². The van der Waals surface area contributed by atoms with Crippen LogP contribution in [0.4, 0.5) is 0 Å². The minimum Gasteiger partial charge on any atom is -0.301 e. The molecule has 0 spiro atoms. The van der Waals surface area contributed by atoms with E-state index in [4.69, 9.17) is 4.84 Å². The molecule has 1 aromatic rings. The maximum absolute atomic E-state index is 5.23. The number of nitrogens with one attached hydrogen (secondary N) is 1. The molecule has 13 heavy (non-hydrogen) atoms. The lowest BCUT2D eigenvalue weighted by Crippen LogP contribution is -2.18. The molecule has 0 saturated carbocycles. The number of rotatable bonds is 5. The molecule has 0 aliphatic heterocycles. The monoisotopic (exact) mass is 183 g/mol. The fourth-order valence-corrected chi connectivity index (χ4v) is 0.925. The van der Waals surface area contributed by atoms with Gasteiger partial charge in [-0.3, -0.25) is 4.68 Å². The highest BCUT2D eigenvalue weighted by molar-refractivity contribution is 4.98. The molecular weight excluding hydrogens is 166 g/mol. The Bertz CT molecular complexity index is 245. The van der Waals surface area contributed by atoms with E-state index in [1.165, 1.54) is 0 Å². The van der Waals surface area contributed by atoms with Crippen LogP contribution < -0.4 is 5.48 Å². The second-order valence-electron chi connectivity index (χ2n) is 3.47. The van der Waals surface area contributed by atoms with Gasteiger partial charge in [-0.25, -0.2) is 0 Å². The molecule has 0 unspecified atom stereocenters. The molecule has 0 radical (unpaired) electrons. The number of hydrogen-bond acceptors (Lipinski definition) is 3. The molecule has 0 saturated heterocycles. The number of aromatic nitrogens is 2. The summed E-state index contributed by atoms with van der Waals surface area (Å²) in [4.78, 5) is 5.23. The van der Waals surface area contributed by atoms with Crippen LogP contribution in [0.1, 0.15) is 19.5 Å². The largest absolute Gasteiger partial charge is 0.301 e. The summed E-state index contributed by atoms with van der Waals surface area (Å²) in [6.45, 7) is 5.67. The lowest BCUT2D eigenvalue weighted by Gasteiger charge is -2.07. The van der Waals surface area contributed by atoms with Crippen LogP contribution in [0.3, 0.4) is 0 Å². The Kier molecular flexibility index (Phi) is 3.92. The molecule has 0 bridgehead atoms. The smallest absolute Gasteiger partial charge is 0.0705 e. The van der Waals surface area contributed by atoms with Crippen molar-refractivity contribution >= 4 is 0 Å². The van der Waals surface area contributed by atoms with E-state index in [1.54, 1.807) is 6.20 Å². The van der Waals surface area contributed by atoms with Crippen LogP contribution in [0, 0.1) is 5.92 Å². The molecule has 4 nitrogen and oxygen atoms in total. The lowest BCUT2D eigenvalue weighted by atomic mass is 10.2. The Morgan fingerprint density at radius 1 is 1.62 bits per heavy atom. The van der Waals surface area contributed by atoms with Crippen LogP contribution >= 0.6 is 0 Å². The Hall–Kier alpha value is -0.870. The summed E-state index contributed by atoms with van der Waals surface area (Å²) in [7, 11) is 1.92. The van der Waals surface area contributed by atoms with Crippen LogP contribution in [0.25, 0.3) is 0 Å². The van der Waals surface area contributed by atoms with Crippen molar-refractivity contribution in [3.05, 3.63) is 18.0 Å². The molecular formula is C9H17N3O. The Balaban J connectivity index is 2.17. The van der Waals surface area contributed by atoms with E-state index < -0.39 is 0 Å². The van der Waals surface area contributed by atoms with Gasteiger partial charge in [0.15, 0.2) is 0 Å². The summed E-state index contributed by atoms with van der Waals surface area (Å²) in [5.74, 6) is 0.555. The average Bonchev–Trinajstić information content (AvgIpc) is 2.45. The van der Waals surface area contributed by atoms with Gasteiger partial charge in [-0.05, 0) is 12.0 Å². The summed E-state index contributed by atoms with van der Waals surface area (Å²) in [6, 6.07) is 1.96. The molecule has 1 rings (SSSR count). The van der Waals surface area contributed by atoms with Crippen LogP contribution in [-0.4, -0.2) is 16.4 Å². The number of hydrogen-bond donors (Lipinski definition) is 1. The van der Waals surface area contributed by atoms with E-state index in [-0.39, 0.29) is 0 Å². The van der Waals surface area contributed by atoms with Gasteiger partial charge in [-0.2, -0.15) is 10.6 Å². The fourth-order valence-electron chi connectivity index (χ4n) is 0.925. The van der Waals surface area contributed by atoms with Gasteiger partial charge >= 0.3 is 0 Å². The molecule has 1 aromatic heterocycles. The van der Waals surface area contributed by atoms with Crippen molar-refractivity contribution in [2.45, 2.75) is 20.4 Å². The van der Waals surface area contributed by atoms with Gasteiger partial charge in [-0.1, -0.05) is 13.8 Å². The first-order chi connectivity index (χ1) is 6.20. The average molecular weight is 183 g/mol. The Morgan fingerprint density at radius 2 is 2.38 bits per heavy atom. The van der Waals surface area contributed by atoms with Crippen LogP contribution in [-0.2, 0) is 18.4 Å². The molecule has 1 heterocycles. The van der Waals surface area contributed by atoms with E-state index in [0.717, 1.165) is 12.3 Å². The maximum Gasteiger partial charge on any atom is 0.0705 e. The summed E-state index contributed by atoms with van der Waals surface area (Å²) < 4.78 is 1.83. The lowest BCUT2D eigenvalue weighted by molar-refractivity contribution is 0.0185. The second-order valence-corrected chi connectivity index (χ2v) is 3.47. The number of nitrogens with zero attached hydrogens (tertiary/aromatic N) is 2. The van der Waals surface area contributed by atoms with E-state index in [0.29, 0.717) is 12.5 Å². The minimum atomic E-state index is 0.555. The van der Waals surface area contributed by atoms with E-state index in [2.05, 4.69) is 24.4 Å². The second kappa shape index (κ2) is 4.99. The predicted octanol–water partition coefficient (Wildman–Crippen LogP) is 1.10. The zero-order valence-corrected chi connectivity index (χ0v) is 8.45. The molecule has 4 heteroatoms. The Labute approximate surface area is 78.8 Å². The van der Waals surface area contributed by atoms with Crippen LogP contribution in [0.15, 0.2) is 12.3 Å². The predicted molar refractivity (Wildman–Crippen MR) is 50.8 cm³/mol. The van der Waals surface area contributed by atoms with Gasteiger partial charge in [0.2, 0.25) is 0 Å². The molecule has 0 atom stereocenters. The van der Waals surface area contributed by atoms with Gasteiger partial charge < -0.3 is 4.84 Å². The van der Waals surface area contributed by atoms with Gasteiger partial charge in [0, 0.05) is 13.2 Å². The first kappa shape index (κ1) is 10.2. The van der Waals surface area contributed by atoms with Gasteiger partial charge in [0.1, 0.15) is 0 Å². The minimum absolute atomic E-state index is 0.555. The molecule has 74 valence electrons. The third-order valence-corrected chi connectivity index (χ3v) is 1.69. The first-order valence-corrected chi connectivity index (χ1v) is 4.51. The van der Waals surface area contributed by atoms with E-state index >= 15 is 0 Å². The highest BCUT2D eigenvalue weighted by Crippen LogP contribution is 1.95. The third kappa shape index (κ3) is 3.57. The van der Waals surface area contributed by atoms with E-state index in [1.807, 2.05) is 17.8 Å². The van der Waals surface area contributed by atoms with Crippen molar-refractivity contribution in [2.75, 3.05) is 6.61 Å². The van der Waals surface area contributed by atoms with Crippen molar-refractivity contribution in [3.63, 3.8) is 0 Å². The normalized spacial score (nSPS) is 11.1. The summed E-state index contributed by atoms with van der Waals surface area (Å²) in [6.07, 6.45) is 1.78. The van der Waals surface area contributed by atoms with Crippen LogP contribution in [0.2, 0.25) is 0 Å². The fraction of sp³-hybridized carbons (Fsp3) is 0.667. The highest BCUT2D eigenvalue weighted by atomic mass is 16.6. The zero-order chi connectivity index (χ0) is 9.68. The van der Waals surface area contributed by atoms with Crippen molar-refractivity contribution < 1.29 is 4.84 Å². The summed E-state index contributed by atoms with van der Waals surface area (Å²) in [5.41, 5.74) is 4.01. The number of hydroxylamine groups is 1. The van der Waals surface area contributed by atoms with Gasteiger partial charge in [0.25, 0.3) is 0 Å². The first-order valence-electron chi connectivity index (χ1n) is 4.51. The molecule has 0 aromatic carbocycles. The third-order valence-electron chi connectivity index (χ3n) is 1.69. The highest BCUT2D eigenvalue weighted by Gasteiger charge is 1.97. The quantitative estimate of drug-likeness (QED) is 0.549. The van der Waals surface area contributed by atoms with Crippen LogP contribution in [0.5, 0.6) is 0 Å². The summed E-state index contributed by atoms with van der Waals surface area (Å²) >= 11 is 0. The molecule has 0 aliphatic rings. The molecule has 0 fully saturated rings. The maximum atomic E-state index is 5.23. The van der Waals surface area contributed by atoms with Gasteiger partial charge in [-0.15, -0.1) is 0 Å². The Morgan fingerprint density at radius 3 is 2.92 bits per heavy atom. The van der Waals surface area contributed by atoms with Crippen molar-refractivity contribution in [2.24, 2.45) is 13.0 Å². The standard InChI is InChI=1S/C9H17N3O/c1-8(2)7-13-11-6-9-4-5-10-12(9)3/h4-5,8,11H,6-7H2,1-3H3. The van der Waals surface area contributed by atoms with Gasteiger partial charge in [0.05, 0.1) is 18.8 Å². The zero-order valence-electron chi connectivity index (χ0n) is 8.45. The molecule has 1 N–H and O–H groups in total. The number of aryl methyl sites for hydroxylation is 1. The van der Waals surface area contributed by atoms with Crippen molar-refractivity contribution in [1.82, 2.24) is 15.3 Å². The topological polar surface area (TPSA) is 39.1 Å². The summed E-state index contributed by atoms with van der Waals surface area (Å²) in [5, 5.41) is 4.05. The SMILES string of the molecule is CC(C)CONCc1ccnn1C.